The second-order valence-corrected chi connectivity index (χ2v) is 7.11. The van der Waals surface area contributed by atoms with E-state index in [4.69, 9.17) is 10.5 Å². The highest BCUT2D eigenvalue weighted by Crippen LogP contribution is 2.46. The second-order valence-electron chi connectivity index (χ2n) is 7.11. The molecule has 0 saturated heterocycles. The first kappa shape index (κ1) is 17.1. The molecule has 2 aromatic carbocycles. The predicted molar refractivity (Wildman–Crippen MR) is 102 cm³/mol. The number of rotatable bonds is 2. The molecule has 0 saturated carbocycles. The fraction of sp³-hybridized carbons (Fsp3) is 0.217. The van der Waals surface area contributed by atoms with Gasteiger partial charge in [0.1, 0.15) is 17.4 Å². The van der Waals surface area contributed by atoms with E-state index in [2.05, 4.69) is 6.07 Å². The number of nitrogens with two attached hydrogens (primary N) is 1. The minimum atomic E-state index is -0.456. The maximum absolute atomic E-state index is 13.1. The summed E-state index contributed by atoms with van der Waals surface area (Å²) in [5.41, 5.74) is 10.1. The molecule has 2 atom stereocenters. The number of nitriles is 1. The molecule has 134 valence electrons. The first-order valence-corrected chi connectivity index (χ1v) is 9.04. The highest BCUT2D eigenvalue weighted by molar-refractivity contribution is 6.00. The number of allylic oxidation sites excluding steroid dienone is 3. The summed E-state index contributed by atoms with van der Waals surface area (Å²) >= 11 is 0. The fourth-order valence-electron chi connectivity index (χ4n) is 4.05. The summed E-state index contributed by atoms with van der Waals surface area (Å²) in [5.74, 6) is 0.333. The lowest BCUT2D eigenvalue weighted by Gasteiger charge is -2.34. The molecule has 2 aliphatic rings. The minimum absolute atomic E-state index is 0.0249. The summed E-state index contributed by atoms with van der Waals surface area (Å²) in [5, 5.41) is 9.67. The lowest BCUT2D eigenvalue weighted by atomic mass is 9.73. The summed E-state index contributed by atoms with van der Waals surface area (Å²) < 4.78 is 5.79. The molecule has 4 nitrogen and oxygen atoms in total. The Labute approximate surface area is 158 Å². The highest BCUT2D eigenvalue weighted by Gasteiger charge is 2.40. The van der Waals surface area contributed by atoms with Crippen LogP contribution in [0, 0.1) is 18.3 Å². The fourth-order valence-corrected chi connectivity index (χ4v) is 4.05. The number of ether oxygens (including phenoxy) is 1. The standard InChI is InChI=1S/C23H20N2O2/c1-14-6-5-9-16(10-14)21-18(13-24)23(25)27-20-12-17(11-19(26)22(20)21)15-7-3-2-4-8-15/h2-10,17,21H,11-12,25H2,1H3/t17-,21+/m0/s1. The molecule has 2 N–H and O–H groups in total. The third kappa shape index (κ3) is 3.02. The van der Waals surface area contributed by atoms with Crippen LogP contribution in [0.3, 0.4) is 0 Å². The molecular weight excluding hydrogens is 336 g/mol. The summed E-state index contributed by atoms with van der Waals surface area (Å²) in [6.45, 7) is 1.99. The van der Waals surface area contributed by atoms with Gasteiger partial charge in [0, 0.05) is 18.4 Å². The van der Waals surface area contributed by atoms with Gasteiger partial charge in [-0.25, -0.2) is 0 Å². The molecule has 0 bridgehead atoms. The van der Waals surface area contributed by atoms with Crippen molar-refractivity contribution in [1.29, 1.82) is 5.26 Å². The minimum Gasteiger partial charge on any atom is -0.444 e. The van der Waals surface area contributed by atoms with Gasteiger partial charge in [-0.15, -0.1) is 0 Å². The Morgan fingerprint density at radius 1 is 1.07 bits per heavy atom. The number of ketones is 1. The van der Waals surface area contributed by atoms with Gasteiger partial charge in [-0.2, -0.15) is 5.26 Å². The van der Waals surface area contributed by atoms with Gasteiger partial charge in [-0.3, -0.25) is 4.79 Å². The number of Topliss-reactive ketones (excluding diaryl/α,β-unsaturated/α-hetero) is 1. The summed E-state index contributed by atoms with van der Waals surface area (Å²) in [4.78, 5) is 13.1. The van der Waals surface area contributed by atoms with Gasteiger partial charge >= 0.3 is 0 Å². The molecule has 0 amide bonds. The quantitative estimate of drug-likeness (QED) is 0.875. The number of aryl methyl sites for hydroxylation is 1. The Morgan fingerprint density at radius 3 is 2.52 bits per heavy atom. The van der Waals surface area contributed by atoms with Gasteiger partial charge in [0.2, 0.25) is 5.88 Å². The average Bonchev–Trinajstić information content (AvgIpc) is 2.67. The van der Waals surface area contributed by atoms with E-state index in [1.54, 1.807) is 0 Å². The number of carbonyl (C=O) groups is 1. The van der Waals surface area contributed by atoms with Crippen LogP contribution < -0.4 is 5.73 Å². The third-order valence-electron chi connectivity index (χ3n) is 5.31. The number of hydrogen-bond acceptors (Lipinski definition) is 4. The zero-order chi connectivity index (χ0) is 19.0. The van der Waals surface area contributed by atoms with E-state index in [-0.39, 0.29) is 17.6 Å². The van der Waals surface area contributed by atoms with E-state index in [0.29, 0.717) is 29.7 Å². The molecule has 0 radical (unpaired) electrons. The summed E-state index contributed by atoms with van der Waals surface area (Å²) in [7, 11) is 0. The smallest absolute Gasteiger partial charge is 0.205 e. The maximum Gasteiger partial charge on any atom is 0.205 e. The van der Waals surface area contributed by atoms with E-state index in [1.807, 2.05) is 61.5 Å². The molecule has 2 aromatic rings. The van der Waals surface area contributed by atoms with Gasteiger partial charge < -0.3 is 10.5 Å². The average molecular weight is 356 g/mol. The number of carbonyl (C=O) groups excluding carboxylic acids is 1. The topological polar surface area (TPSA) is 76.1 Å². The van der Waals surface area contributed by atoms with Crippen molar-refractivity contribution in [3.05, 3.63) is 94.1 Å². The van der Waals surface area contributed by atoms with Crippen molar-refractivity contribution in [2.24, 2.45) is 5.73 Å². The van der Waals surface area contributed by atoms with Gasteiger partial charge in [0.25, 0.3) is 0 Å². The van der Waals surface area contributed by atoms with Crippen molar-refractivity contribution in [2.45, 2.75) is 31.6 Å². The van der Waals surface area contributed by atoms with Crippen LogP contribution in [0.15, 0.2) is 77.4 Å². The van der Waals surface area contributed by atoms with Gasteiger partial charge in [0.15, 0.2) is 5.78 Å². The van der Waals surface area contributed by atoms with Crippen LogP contribution in [0.5, 0.6) is 0 Å². The summed E-state index contributed by atoms with van der Waals surface area (Å²) in [6, 6.07) is 20.0. The van der Waals surface area contributed by atoms with Crippen molar-refractivity contribution in [1.82, 2.24) is 0 Å². The molecule has 4 rings (SSSR count). The first-order chi connectivity index (χ1) is 13.1. The lowest BCUT2D eigenvalue weighted by Crippen LogP contribution is -2.29. The van der Waals surface area contributed by atoms with E-state index in [9.17, 15) is 10.1 Å². The Balaban J connectivity index is 1.80. The molecule has 1 aliphatic heterocycles. The van der Waals surface area contributed by atoms with Crippen LogP contribution in [-0.2, 0) is 9.53 Å². The largest absolute Gasteiger partial charge is 0.444 e. The second kappa shape index (κ2) is 6.77. The van der Waals surface area contributed by atoms with Crippen molar-refractivity contribution in [3.8, 4) is 6.07 Å². The lowest BCUT2D eigenvalue weighted by molar-refractivity contribution is -0.117. The normalized spacial score (nSPS) is 22.1. The van der Waals surface area contributed by atoms with Crippen LogP contribution in [0.2, 0.25) is 0 Å². The van der Waals surface area contributed by atoms with Crippen molar-refractivity contribution in [3.63, 3.8) is 0 Å². The molecule has 27 heavy (non-hydrogen) atoms. The van der Waals surface area contributed by atoms with E-state index in [0.717, 1.165) is 16.7 Å². The Kier molecular flexibility index (Phi) is 4.29. The zero-order valence-electron chi connectivity index (χ0n) is 15.1. The summed E-state index contributed by atoms with van der Waals surface area (Å²) in [6.07, 6.45) is 1.01. The number of hydrogen-bond donors (Lipinski definition) is 1. The van der Waals surface area contributed by atoms with Gasteiger partial charge in [0.05, 0.1) is 5.92 Å². The van der Waals surface area contributed by atoms with Crippen LogP contribution >= 0.6 is 0 Å². The number of nitrogens with zero attached hydrogens (tertiary/aromatic N) is 1. The van der Waals surface area contributed by atoms with Crippen molar-refractivity contribution in [2.75, 3.05) is 0 Å². The van der Waals surface area contributed by atoms with Crippen LogP contribution in [0.4, 0.5) is 0 Å². The Morgan fingerprint density at radius 2 is 1.81 bits per heavy atom. The SMILES string of the molecule is Cc1cccc([C@@H]2C(C#N)=C(N)OC3=C2C(=O)C[C@H](c2ccccc2)C3)c1. The van der Waals surface area contributed by atoms with E-state index < -0.39 is 5.92 Å². The van der Waals surface area contributed by atoms with E-state index >= 15 is 0 Å². The molecule has 0 spiro atoms. The molecule has 0 unspecified atom stereocenters. The molecule has 0 fully saturated rings. The predicted octanol–water partition coefficient (Wildman–Crippen LogP) is 4.20. The van der Waals surface area contributed by atoms with Crippen LogP contribution in [-0.4, -0.2) is 5.78 Å². The Hall–Kier alpha value is -3.32. The molecular formula is C23H20N2O2. The maximum atomic E-state index is 13.1. The van der Waals surface area contributed by atoms with Gasteiger partial charge in [-0.1, -0.05) is 60.2 Å². The highest BCUT2D eigenvalue weighted by atomic mass is 16.5. The van der Waals surface area contributed by atoms with Crippen LogP contribution in [0.1, 0.15) is 41.4 Å². The molecule has 0 aromatic heterocycles. The zero-order valence-corrected chi connectivity index (χ0v) is 15.1. The monoisotopic (exact) mass is 356 g/mol. The van der Waals surface area contributed by atoms with E-state index in [1.165, 1.54) is 0 Å². The third-order valence-corrected chi connectivity index (χ3v) is 5.31. The van der Waals surface area contributed by atoms with Crippen LogP contribution in [0.25, 0.3) is 0 Å². The Bertz CT molecular complexity index is 1010. The molecule has 1 aliphatic carbocycles. The molecule has 1 heterocycles. The van der Waals surface area contributed by atoms with Crippen molar-refractivity contribution < 1.29 is 9.53 Å². The molecule has 4 heteroatoms. The van der Waals surface area contributed by atoms with Crippen molar-refractivity contribution >= 4 is 5.78 Å². The van der Waals surface area contributed by atoms with Gasteiger partial charge in [-0.05, 0) is 24.0 Å². The first-order valence-electron chi connectivity index (χ1n) is 9.04. The number of benzene rings is 2.